The third-order valence-electron chi connectivity index (χ3n) is 2.88. The van der Waals surface area contributed by atoms with Crippen molar-refractivity contribution in [3.8, 4) is 10.6 Å². The fourth-order valence-electron chi connectivity index (χ4n) is 1.67. The van der Waals surface area contributed by atoms with Gasteiger partial charge in [-0.05, 0) is 25.3 Å². The number of nitrogen functional groups attached to an aromatic ring is 1. The van der Waals surface area contributed by atoms with Crippen molar-refractivity contribution >= 4 is 29.4 Å². The Balaban J connectivity index is 2.67. The van der Waals surface area contributed by atoms with Crippen LogP contribution < -0.4 is 5.73 Å². The number of carbonyl (C=O) groups excluding carboxylic acids is 1. The largest absolute Gasteiger partial charge is 0.479 e. The van der Waals surface area contributed by atoms with Gasteiger partial charge in [-0.3, -0.25) is 4.79 Å². The van der Waals surface area contributed by atoms with Gasteiger partial charge in [0.1, 0.15) is 11.5 Å². The second-order valence-corrected chi connectivity index (χ2v) is 5.47. The number of hydrogen-bond donors (Lipinski definition) is 2. The molecule has 0 bridgehead atoms. The molecule has 3 N–H and O–H groups in total. The predicted octanol–water partition coefficient (Wildman–Crippen LogP) is 1.83. The van der Waals surface area contributed by atoms with Crippen LogP contribution in [-0.2, 0) is 10.3 Å². The second kappa shape index (κ2) is 4.51. The summed E-state index contributed by atoms with van der Waals surface area (Å²) in [5.41, 5.74) is 5.17. The molecular weight excluding hydrogens is 266 g/mol. The molecule has 2 heterocycles. The lowest BCUT2D eigenvalue weighted by atomic mass is 10.1. The lowest BCUT2D eigenvalue weighted by Crippen LogP contribution is -2.37. The highest BCUT2D eigenvalue weighted by Crippen LogP contribution is 2.32. The smallest absolute Gasteiger partial charge is 0.331 e. The van der Waals surface area contributed by atoms with E-state index in [1.54, 1.807) is 6.07 Å². The number of nitrogens with zero attached hydrogens (tertiary/aromatic N) is 2. The van der Waals surface area contributed by atoms with Gasteiger partial charge in [0.25, 0.3) is 0 Å². The van der Waals surface area contributed by atoms with Crippen LogP contribution in [0.25, 0.3) is 10.6 Å². The molecule has 0 fully saturated rings. The van der Waals surface area contributed by atoms with Crippen LogP contribution in [0.5, 0.6) is 0 Å². The molecule has 0 radical (unpaired) electrons. The van der Waals surface area contributed by atoms with Crippen LogP contribution in [0.3, 0.4) is 0 Å². The standard InChI is InChI=1S/C12H13N3O3S/c1-12(2,11(17)18)15-10(13)7(6-16)9(14-15)8-4-3-5-19-8/h3-6H,13H2,1-2H3,(H,17,18). The molecule has 0 aliphatic carbocycles. The zero-order valence-corrected chi connectivity index (χ0v) is 11.3. The first-order valence-electron chi connectivity index (χ1n) is 5.51. The Morgan fingerprint density at radius 3 is 2.74 bits per heavy atom. The summed E-state index contributed by atoms with van der Waals surface area (Å²) in [6.07, 6.45) is 0.603. The molecule has 2 rings (SSSR count). The molecule has 2 aromatic heterocycles. The molecule has 0 aromatic carbocycles. The van der Waals surface area contributed by atoms with E-state index in [0.717, 1.165) is 4.88 Å². The first-order valence-corrected chi connectivity index (χ1v) is 6.39. The van der Waals surface area contributed by atoms with Gasteiger partial charge in [-0.1, -0.05) is 6.07 Å². The van der Waals surface area contributed by atoms with E-state index in [1.807, 2.05) is 11.4 Å². The van der Waals surface area contributed by atoms with Crippen molar-refractivity contribution in [1.82, 2.24) is 9.78 Å². The molecule has 7 heteroatoms. The Hall–Kier alpha value is -2.15. The number of rotatable bonds is 4. The van der Waals surface area contributed by atoms with Gasteiger partial charge in [-0.25, -0.2) is 9.48 Å². The van der Waals surface area contributed by atoms with Gasteiger partial charge in [0.05, 0.1) is 10.4 Å². The van der Waals surface area contributed by atoms with E-state index in [9.17, 15) is 14.7 Å². The van der Waals surface area contributed by atoms with E-state index in [2.05, 4.69) is 5.10 Å². The second-order valence-electron chi connectivity index (χ2n) is 4.52. The summed E-state index contributed by atoms with van der Waals surface area (Å²) in [5.74, 6) is -1.01. The Morgan fingerprint density at radius 2 is 2.26 bits per heavy atom. The average molecular weight is 279 g/mol. The summed E-state index contributed by atoms with van der Waals surface area (Å²) in [7, 11) is 0. The van der Waals surface area contributed by atoms with Gasteiger partial charge in [-0.15, -0.1) is 11.3 Å². The van der Waals surface area contributed by atoms with Crippen molar-refractivity contribution in [1.29, 1.82) is 0 Å². The maximum absolute atomic E-state index is 11.3. The Labute approximate surface area is 113 Å². The molecule has 0 saturated carbocycles. The van der Waals surface area contributed by atoms with Crippen LogP contribution in [0.4, 0.5) is 5.82 Å². The highest BCUT2D eigenvalue weighted by Gasteiger charge is 2.34. The predicted molar refractivity (Wildman–Crippen MR) is 72.3 cm³/mol. The minimum atomic E-state index is -1.32. The summed E-state index contributed by atoms with van der Waals surface area (Å²) in [5, 5.41) is 15.3. The van der Waals surface area contributed by atoms with Crippen molar-refractivity contribution in [2.45, 2.75) is 19.4 Å². The van der Waals surface area contributed by atoms with E-state index < -0.39 is 11.5 Å². The van der Waals surface area contributed by atoms with E-state index >= 15 is 0 Å². The zero-order chi connectivity index (χ0) is 14.2. The van der Waals surface area contributed by atoms with Gasteiger partial charge < -0.3 is 10.8 Å². The summed E-state index contributed by atoms with van der Waals surface area (Å²) < 4.78 is 1.17. The number of nitrogens with two attached hydrogens (primary N) is 1. The molecule has 2 aromatic rings. The highest BCUT2D eigenvalue weighted by molar-refractivity contribution is 7.13. The van der Waals surface area contributed by atoms with Crippen LogP contribution in [0.1, 0.15) is 24.2 Å². The molecule has 0 spiro atoms. The summed E-state index contributed by atoms with van der Waals surface area (Å²) in [6, 6.07) is 3.63. The number of aldehydes is 1. The van der Waals surface area contributed by atoms with Crippen molar-refractivity contribution in [3.05, 3.63) is 23.1 Å². The average Bonchev–Trinajstić information content (AvgIpc) is 2.95. The fourth-order valence-corrected chi connectivity index (χ4v) is 2.39. The number of carboxylic acid groups (broad SMARTS) is 1. The minimum absolute atomic E-state index is 0.0609. The van der Waals surface area contributed by atoms with Gasteiger partial charge in [0.2, 0.25) is 0 Å². The summed E-state index contributed by atoms with van der Waals surface area (Å²) in [6.45, 7) is 2.96. The number of aromatic nitrogens is 2. The Bertz CT molecular complexity index is 629. The maximum atomic E-state index is 11.3. The third kappa shape index (κ3) is 2.01. The fraction of sp³-hybridized carbons (Fsp3) is 0.250. The molecule has 0 amide bonds. The Kier molecular flexibility index (Phi) is 3.15. The third-order valence-corrected chi connectivity index (χ3v) is 3.76. The van der Waals surface area contributed by atoms with Crippen LogP contribution in [0.15, 0.2) is 17.5 Å². The van der Waals surface area contributed by atoms with E-state index in [-0.39, 0.29) is 11.4 Å². The van der Waals surface area contributed by atoms with Crippen molar-refractivity contribution in [3.63, 3.8) is 0 Å². The topological polar surface area (TPSA) is 98.2 Å². The SMILES string of the molecule is CC(C)(C(=O)O)n1nc(-c2cccs2)c(C=O)c1N. The lowest BCUT2D eigenvalue weighted by molar-refractivity contribution is -0.146. The molecule has 0 unspecified atom stereocenters. The molecule has 0 atom stereocenters. The van der Waals surface area contributed by atoms with E-state index in [1.165, 1.54) is 29.9 Å². The number of aliphatic carboxylic acids is 1. The van der Waals surface area contributed by atoms with Gasteiger partial charge in [0.15, 0.2) is 11.8 Å². The van der Waals surface area contributed by atoms with E-state index in [0.29, 0.717) is 12.0 Å². The summed E-state index contributed by atoms with van der Waals surface area (Å²) in [4.78, 5) is 23.2. The molecular formula is C12H13N3O3S. The van der Waals surface area contributed by atoms with Gasteiger partial charge >= 0.3 is 5.97 Å². The van der Waals surface area contributed by atoms with E-state index in [4.69, 9.17) is 5.73 Å². The lowest BCUT2D eigenvalue weighted by Gasteiger charge is -2.21. The van der Waals surface area contributed by atoms with Crippen LogP contribution in [0.2, 0.25) is 0 Å². The number of anilines is 1. The van der Waals surface area contributed by atoms with Crippen molar-refractivity contribution in [2.75, 3.05) is 5.73 Å². The minimum Gasteiger partial charge on any atom is -0.479 e. The highest BCUT2D eigenvalue weighted by atomic mass is 32.1. The van der Waals surface area contributed by atoms with Crippen molar-refractivity contribution in [2.24, 2.45) is 0 Å². The van der Waals surface area contributed by atoms with Crippen LogP contribution in [0, 0.1) is 0 Å². The first kappa shape index (κ1) is 13.3. The Morgan fingerprint density at radius 1 is 1.58 bits per heavy atom. The quantitative estimate of drug-likeness (QED) is 0.832. The molecule has 19 heavy (non-hydrogen) atoms. The molecule has 0 aliphatic rings. The molecule has 6 nitrogen and oxygen atoms in total. The zero-order valence-electron chi connectivity index (χ0n) is 10.5. The normalized spacial score (nSPS) is 11.5. The number of carboxylic acids is 1. The van der Waals surface area contributed by atoms with Crippen molar-refractivity contribution < 1.29 is 14.7 Å². The van der Waals surface area contributed by atoms with Gasteiger partial charge in [-0.2, -0.15) is 5.10 Å². The molecule has 0 aliphatic heterocycles. The number of carbonyl (C=O) groups is 2. The van der Waals surface area contributed by atoms with Crippen LogP contribution in [-0.4, -0.2) is 27.1 Å². The number of thiophene rings is 1. The monoisotopic (exact) mass is 279 g/mol. The first-order chi connectivity index (χ1) is 8.89. The van der Waals surface area contributed by atoms with Crippen LogP contribution >= 0.6 is 11.3 Å². The molecule has 0 saturated heterocycles. The maximum Gasteiger partial charge on any atom is 0.331 e. The van der Waals surface area contributed by atoms with Gasteiger partial charge in [0, 0.05) is 0 Å². The summed E-state index contributed by atoms with van der Waals surface area (Å²) >= 11 is 1.41. The molecule has 100 valence electrons. The number of hydrogen-bond acceptors (Lipinski definition) is 5.